The lowest BCUT2D eigenvalue weighted by molar-refractivity contribution is -0.132. The number of halogens is 5. The molecule has 1 aromatic rings. The van der Waals surface area contributed by atoms with Crippen molar-refractivity contribution in [2.24, 2.45) is 4.99 Å². The fourth-order valence-electron chi connectivity index (χ4n) is 1.64. The quantitative estimate of drug-likeness (QED) is 0.401. The number of hydrogen-bond donors (Lipinski definition) is 3. The van der Waals surface area contributed by atoms with Crippen LogP contribution in [0.5, 0.6) is 0 Å². The molecule has 0 bridgehead atoms. The SMILES string of the molecule is CN=C(NCCNC(=O)c1ccc(Cl)c(Cl)c1)NCCC(F)(F)F. The summed E-state index contributed by atoms with van der Waals surface area (Å²) in [7, 11) is 1.44. The standard InChI is InChI=1S/C14H17Cl2F3N4O/c1-20-13(22-5-4-14(17,18)19)23-7-6-21-12(24)9-2-3-10(15)11(16)8-9/h2-3,8H,4-7H2,1H3,(H,21,24)(H2,20,22,23). The molecule has 0 aromatic heterocycles. The van der Waals surface area contributed by atoms with Crippen LogP contribution in [-0.2, 0) is 0 Å². The van der Waals surface area contributed by atoms with E-state index in [0.29, 0.717) is 17.1 Å². The Morgan fingerprint density at radius 3 is 2.29 bits per heavy atom. The Labute approximate surface area is 147 Å². The maximum absolute atomic E-state index is 12.1. The van der Waals surface area contributed by atoms with Crippen molar-refractivity contribution < 1.29 is 18.0 Å². The van der Waals surface area contributed by atoms with Crippen LogP contribution in [0.3, 0.4) is 0 Å². The second-order valence-corrected chi connectivity index (χ2v) is 5.49. The van der Waals surface area contributed by atoms with Crippen molar-refractivity contribution in [3.05, 3.63) is 33.8 Å². The molecular weight excluding hydrogens is 368 g/mol. The minimum atomic E-state index is -4.22. The summed E-state index contributed by atoms with van der Waals surface area (Å²) in [6, 6.07) is 4.50. The molecular formula is C14H17Cl2F3N4O. The number of alkyl halides is 3. The summed E-state index contributed by atoms with van der Waals surface area (Å²) in [6.45, 7) is 0.261. The van der Waals surface area contributed by atoms with Crippen LogP contribution >= 0.6 is 23.2 Å². The lowest BCUT2D eigenvalue weighted by atomic mass is 10.2. The minimum Gasteiger partial charge on any atom is -0.356 e. The summed E-state index contributed by atoms with van der Waals surface area (Å²) in [5.41, 5.74) is 0.358. The second kappa shape index (κ2) is 9.58. The van der Waals surface area contributed by atoms with Crippen molar-refractivity contribution in [3.8, 4) is 0 Å². The Morgan fingerprint density at radius 2 is 1.71 bits per heavy atom. The molecule has 0 aliphatic rings. The first-order valence-electron chi connectivity index (χ1n) is 6.97. The zero-order valence-corrected chi connectivity index (χ0v) is 14.3. The van der Waals surface area contributed by atoms with Crippen LogP contribution in [0.4, 0.5) is 13.2 Å². The molecule has 0 radical (unpaired) electrons. The Morgan fingerprint density at radius 1 is 1.08 bits per heavy atom. The molecule has 134 valence electrons. The molecule has 3 N–H and O–H groups in total. The van der Waals surface area contributed by atoms with E-state index in [1.54, 1.807) is 0 Å². The van der Waals surface area contributed by atoms with Gasteiger partial charge in [-0.15, -0.1) is 0 Å². The van der Waals surface area contributed by atoms with E-state index in [2.05, 4.69) is 20.9 Å². The number of hydrogen-bond acceptors (Lipinski definition) is 2. The minimum absolute atomic E-state index is 0.225. The van der Waals surface area contributed by atoms with Crippen LogP contribution < -0.4 is 16.0 Å². The first-order valence-corrected chi connectivity index (χ1v) is 7.73. The normalized spacial score (nSPS) is 12.0. The summed E-state index contributed by atoms with van der Waals surface area (Å²) in [4.78, 5) is 15.7. The van der Waals surface area contributed by atoms with Gasteiger partial charge in [0.15, 0.2) is 5.96 Å². The third-order valence-electron chi connectivity index (χ3n) is 2.81. The van der Waals surface area contributed by atoms with Gasteiger partial charge in [-0.05, 0) is 18.2 Å². The van der Waals surface area contributed by atoms with E-state index in [-0.39, 0.29) is 30.0 Å². The molecule has 0 spiro atoms. The van der Waals surface area contributed by atoms with Gasteiger partial charge < -0.3 is 16.0 Å². The van der Waals surface area contributed by atoms with E-state index in [1.807, 2.05) is 0 Å². The van der Waals surface area contributed by atoms with E-state index < -0.39 is 12.6 Å². The summed E-state index contributed by atoms with van der Waals surface area (Å²) in [5.74, 6) is -0.113. The molecule has 1 rings (SSSR count). The van der Waals surface area contributed by atoms with Crippen LogP contribution in [0.1, 0.15) is 16.8 Å². The Bertz CT molecular complexity index is 594. The van der Waals surface area contributed by atoms with Crippen LogP contribution in [0.25, 0.3) is 0 Å². The molecule has 0 saturated heterocycles. The summed E-state index contributed by atoms with van der Waals surface area (Å²) < 4.78 is 36.2. The molecule has 0 saturated carbocycles. The number of benzene rings is 1. The van der Waals surface area contributed by atoms with Crippen LogP contribution in [0.2, 0.25) is 10.0 Å². The Balaban J connectivity index is 2.31. The number of nitrogens with zero attached hydrogens (tertiary/aromatic N) is 1. The summed E-state index contributed by atoms with van der Waals surface area (Å²) in [5, 5.41) is 8.59. The third-order valence-corrected chi connectivity index (χ3v) is 3.55. The predicted molar refractivity (Wildman–Crippen MR) is 88.8 cm³/mol. The molecule has 0 heterocycles. The zero-order valence-electron chi connectivity index (χ0n) is 12.8. The van der Waals surface area contributed by atoms with Crippen molar-refractivity contribution in [1.29, 1.82) is 0 Å². The maximum atomic E-state index is 12.1. The average Bonchev–Trinajstić information content (AvgIpc) is 2.50. The summed E-state index contributed by atoms with van der Waals surface area (Å²) in [6.07, 6.45) is -5.18. The maximum Gasteiger partial charge on any atom is 0.390 e. The number of aliphatic imine (C=N–C) groups is 1. The first kappa shape index (κ1) is 20.4. The smallest absolute Gasteiger partial charge is 0.356 e. The van der Waals surface area contributed by atoms with Crippen LogP contribution in [0.15, 0.2) is 23.2 Å². The van der Waals surface area contributed by atoms with Crippen molar-refractivity contribution in [2.75, 3.05) is 26.7 Å². The highest BCUT2D eigenvalue weighted by molar-refractivity contribution is 6.42. The molecule has 24 heavy (non-hydrogen) atoms. The van der Waals surface area contributed by atoms with E-state index in [0.717, 1.165) is 0 Å². The molecule has 0 unspecified atom stereocenters. The van der Waals surface area contributed by atoms with Gasteiger partial charge in [0.2, 0.25) is 0 Å². The van der Waals surface area contributed by atoms with Gasteiger partial charge in [0.1, 0.15) is 0 Å². The first-order chi connectivity index (χ1) is 11.2. The van der Waals surface area contributed by atoms with Gasteiger partial charge in [0.25, 0.3) is 5.91 Å². The predicted octanol–water partition coefficient (Wildman–Crippen LogP) is 2.84. The van der Waals surface area contributed by atoms with Gasteiger partial charge in [0.05, 0.1) is 16.5 Å². The molecule has 1 amide bonds. The largest absolute Gasteiger partial charge is 0.390 e. The molecule has 10 heteroatoms. The average molecular weight is 385 g/mol. The van der Waals surface area contributed by atoms with E-state index >= 15 is 0 Å². The number of amides is 1. The van der Waals surface area contributed by atoms with Crippen molar-refractivity contribution in [2.45, 2.75) is 12.6 Å². The lowest BCUT2D eigenvalue weighted by Crippen LogP contribution is -2.42. The number of carbonyl (C=O) groups is 1. The monoisotopic (exact) mass is 384 g/mol. The van der Waals surface area contributed by atoms with E-state index in [9.17, 15) is 18.0 Å². The molecule has 0 aliphatic carbocycles. The lowest BCUT2D eigenvalue weighted by Gasteiger charge is -2.13. The second-order valence-electron chi connectivity index (χ2n) is 4.68. The number of guanidine groups is 1. The molecule has 5 nitrogen and oxygen atoms in total. The van der Waals surface area contributed by atoms with Crippen molar-refractivity contribution >= 4 is 35.1 Å². The topological polar surface area (TPSA) is 65.5 Å². The number of carbonyl (C=O) groups excluding carboxylic acids is 1. The van der Waals surface area contributed by atoms with Gasteiger partial charge in [-0.1, -0.05) is 23.2 Å². The third kappa shape index (κ3) is 7.74. The fourth-order valence-corrected chi connectivity index (χ4v) is 1.94. The van der Waals surface area contributed by atoms with Crippen LogP contribution in [0, 0.1) is 0 Å². The number of nitrogens with one attached hydrogen (secondary N) is 3. The summed E-state index contributed by atoms with van der Waals surface area (Å²) >= 11 is 11.6. The van der Waals surface area contributed by atoms with E-state index in [1.165, 1.54) is 25.2 Å². The molecule has 0 atom stereocenters. The Hall–Kier alpha value is -1.67. The van der Waals surface area contributed by atoms with Crippen molar-refractivity contribution in [3.63, 3.8) is 0 Å². The molecule has 0 aliphatic heterocycles. The fraction of sp³-hybridized carbons (Fsp3) is 0.429. The van der Waals surface area contributed by atoms with Crippen LogP contribution in [-0.4, -0.2) is 44.7 Å². The Kier molecular flexibility index (Phi) is 8.14. The highest BCUT2D eigenvalue weighted by Gasteiger charge is 2.26. The number of rotatable bonds is 6. The van der Waals surface area contributed by atoms with E-state index in [4.69, 9.17) is 23.2 Å². The van der Waals surface area contributed by atoms with Gasteiger partial charge in [-0.25, -0.2) is 0 Å². The molecule has 0 fully saturated rings. The van der Waals surface area contributed by atoms with Gasteiger partial charge in [-0.2, -0.15) is 13.2 Å². The molecule has 1 aromatic carbocycles. The highest BCUT2D eigenvalue weighted by atomic mass is 35.5. The van der Waals surface area contributed by atoms with Crippen molar-refractivity contribution in [1.82, 2.24) is 16.0 Å². The highest BCUT2D eigenvalue weighted by Crippen LogP contribution is 2.22. The van der Waals surface area contributed by atoms with Gasteiger partial charge in [-0.3, -0.25) is 9.79 Å². The zero-order chi connectivity index (χ0) is 18.2. The van der Waals surface area contributed by atoms with Gasteiger partial charge >= 0.3 is 6.18 Å². The van der Waals surface area contributed by atoms with Gasteiger partial charge in [0, 0.05) is 32.2 Å².